The van der Waals surface area contributed by atoms with Gasteiger partial charge in [0.25, 0.3) is 5.91 Å². The van der Waals surface area contributed by atoms with Gasteiger partial charge in [-0.25, -0.2) is 14.4 Å². The number of pyridine rings is 1. The van der Waals surface area contributed by atoms with E-state index in [9.17, 15) is 9.18 Å². The Balaban J connectivity index is 1.18. The van der Waals surface area contributed by atoms with Crippen molar-refractivity contribution in [2.75, 3.05) is 18.4 Å². The van der Waals surface area contributed by atoms with Gasteiger partial charge in [-0.1, -0.05) is 30.3 Å². The fraction of sp³-hybridized carbons (Fsp3) is 0.382. The number of hydrogen-bond donors (Lipinski definition) is 1. The number of fused-ring (bicyclic) bond motifs is 1. The first-order chi connectivity index (χ1) is 21.1. The first-order valence-electron chi connectivity index (χ1n) is 14.9. The van der Waals surface area contributed by atoms with Crippen LogP contribution in [0.15, 0.2) is 66.7 Å². The zero-order chi connectivity index (χ0) is 31.4. The first-order valence-corrected chi connectivity index (χ1v) is 15.3. The van der Waals surface area contributed by atoms with Gasteiger partial charge in [0.1, 0.15) is 18.2 Å². The predicted octanol–water partition coefficient (Wildman–Crippen LogP) is 7.03. The number of aromatic nitrogens is 3. The molecule has 1 aliphatic heterocycles. The molecule has 1 N–H and O–H groups in total. The number of halogens is 2. The van der Waals surface area contributed by atoms with Crippen LogP contribution in [-0.2, 0) is 29.7 Å². The second-order valence-corrected chi connectivity index (χ2v) is 12.1. The molecule has 10 heteroatoms. The summed E-state index contributed by atoms with van der Waals surface area (Å²) in [5.74, 6) is 1.13. The van der Waals surface area contributed by atoms with Gasteiger partial charge in [0, 0.05) is 41.0 Å². The molecule has 5 rings (SSSR count). The van der Waals surface area contributed by atoms with Crippen LogP contribution in [0.4, 0.5) is 10.1 Å². The Morgan fingerprint density at radius 2 is 1.91 bits per heavy atom. The van der Waals surface area contributed by atoms with Gasteiger partial charge < -0.3 is 19.4 Å². The number of hydrogen-bond acceptors (Lipinski definition) is 6. The molecule has 2 aromatic carbocycles. The molecule has 4 aromatic rings. The molecule has 0 radical (unpaired) electrons. The molecule has 1 aliphatic rings. The van der Waals surface area contributed by atoms with Crippen LogP contribution in [0, 0.1) is 5.82 Å². The fourth-order valence-electron chi connectivity index (χ4n) is 5.47. The summed E-state index contributed by atoms with van der Waals surface area (Å²) in [6.07, 6.45) is 1.12. The number of nitrogens with one attached hydrogen (secondary N) is 1. The largest absolute Gasteiger partial charge is 0.473 e. The minimum Gasteiger partial charge on any atom is -0.473 e. The summed E-state index contributed by atoms with van der Waals surface area (Å²) in [6.45, 7) is 12.1. The van der Waals surface area contributed by atoms with Crippen molar-refractivity contribution in [3.63, 3.8) is 0 Å². The Morgan fingerprint density at radius 1 is 1.14 bits per heavy atom. The second kappa shape index (κ2) is 13.9. The highest BCUT2D eigenvalue weighted by Crippen LogP contribution is 2.29. The van der Waals surface area contributed by atoms with Crippen LogP contribution in [0.2, 0.25) is 5.02 Å². The summed E-state index contributed by atoms with van der Waals surface area (Å²) in [4.78, 5) is 24.9. The van der Waals surface area contributed by atoms with Gasteiger partial charge in [0.05, 0.1) is 23.7 Å². The number of imidazole rings is 1. The van der Waals surface area contributed by atoms with E-state index in [2.05, 4.69) is 21.4 Å². The lowest BCUT2D eigenvalue weighted by molar-refractivity contribution is -0.127. The average molecular weight is 620 g/mol. The van der Waals surface area contributed by atoms with E-state index in [4.69, 9.17) is 31.0 Å². The number of amides is 1. The average Bonchev–Trinajstić information content (AvgIpc) is 3.29. The lowest BCUT2D eigenvalue weighted by Gasteiger charge is -2.31. The number of benzene rings is 2. The Bertz CT molecular complexity index is 1650. The Morgan fingerprint density at radius 3 is 2.61 bits per heavy atom. The van der Waals surface area contributed by atoms with Crippen molar-refractivity contribution in [1.29, 1.82) is 0 Å². The zero-order valence-electron chi connectivity index (χ0n) is 25.6. The lowest BCUT2D eigenvalue weighted by atomic mass is 9.93. The van der Waals surface area contributed by atoms with E-state index in [1.54, 1.807) is 25.1 Å². The van der Waals surface area contributed by atoms with Crippen LogP contribution in [-0.4, -0.2) is 50.6 Å². The third kappa shape index (κ3) is 7.64. The highest BCUT2D eigenvalue weighted by Gasteiger charge is 2.24. The summed E-state index contributed by atoms with van der Waals surface area (Å²) < 4.78 is 27.8. The van der Waals surface area contributed by atoms with E-state index < -0.39 is 11.9 Å². The number of carbonyl (C=O) groups is 1. The fourth-order valence-corrected chi connectivity index (χ4v) is 5.63. The monoisotopic (exact) mass is 619 g/mol. The summed E-state index contributed by atoms with van der Waals surface area (Å²) >= 11 is 5.85. The van der Waals surface area contributed by atoms with Crippen LogP contribution in [0.1, 0.15) is 56.6 Å². The summed E-state index contributed by atoms with van der Waals surface area (Å²) in [7, 11) is 2.02. The van der Waals surface area contributed by atoms with E-state index >= 15 is 0 Å². The zero-order valence-corrected chi connectivity index (χ0v) is 26.4. The van der Waals surface area contributed by atoms with E-state index in [-0.39, 0.29) is 18.6 Å². The maximum atomic E-state index is 14.1. The maximum absolute atomic E-state index is 14.1. The molecular weight excluding hydrogens is 581 g/mol. The Hall–Kier alpha value is -3.79. The molecule has 0 spiro atoms. The van der Waals surface area contributed by atoms with E-state index in [1.165, 1.54) is 6.07 Å². The SMILES string of the molecule is C=C(C)C(OC(C)C)C(=O)Nc1ccc2c(c1)nc(CN1CCC(c3cccc(OCc4ccc(Cl)cc4F)n3)CC1)n2C. The minimum absolute atomic E-state index is 0.0886. The lowest BCUT2D eigenvalue weighted by Crippen LogP contribution is -2.33. The predicted molar refractivity (Wildman–Crippen MR) is 171 cm³/mol. The molecule has 1 unspecified atom stereocenters. The van der Waals surface area contributed by atoms with E-state index in [0.29, 0.717) is 33.6 Å². The van der Waals surface area contributed by atoms with Crippen LogP contribution in [0.5, 0.6) is 5.88 Å². The molecule has 2 aromatic heterocycles. The number of aryl methyl sites for hydroxylation is 1. The van der Waals surface area contributed by atoms with Crippen LogP contribution < -0.4 is 10.1 Å². The first kappa shape index (κ1) is 31.6. The molecule has 232 valence electrons. The van der Waals surface area contributed by atoms with Gasteiger partial charge >= 0.3 is 0 Å². The topological polar surface area (TPSA) is 81.5 Å². The Labute approximate surface area is 262 Å². The molecule has 3 heterocycles. The normalized spacial score (nSPS) is 15.1. The van der Waals surface area contributed by atoms with Gasteiger partial charge in [0.2, 0.25) is 5.88 Å². The smallest absolute Gasteiger partial charge is 0.257 e. The van der Waals surface area contributed by atoms with Gasteiger partial charge in [-0.3, -0.25) is 9.69 Å². The molecule has 44 heavy (non-hydrogen) atoms. The molecule has 8 nitrogen and oxygen atoms in total. The number of rotatable bonds is 11. The molecule has 0 saturated carbocycles. The molecular formula is C34H39ClFN5O3. The second-order valence-electron chi connectivity index (χ2n) is 11.7. The number of nitrogens with zero attached hydrogens (tertiary/aromatic N) is 4. The maximum Gasteiger partial charge on any atom is 0.257 e. The van der Waals surface area contributed by atoms with Gasteiger partial charge in [0.15, 0.2) is 6.10 Å². The number of ether oxygens (including phenoxy) is 2. The number of carbonyl (C=O) groups excluding carboxylic acids is 1. The highest BCUT2D eigenvalue weighted by atomic mass is 35.5. The minimum atomic E-state index is -0.711. The molecule has 1 atom stereocenters. The Kier molecular flexibility index (Phi) is 9.98. The third-order valence-corrected chi connectivity index (χ3v) is 8.08. The number of piperidine rings is 1. The van der Waals surface area contributed by atoms with Crippen molar-refractivity contribution < 1.29 is 18.7 Å². The van der Waals surface area contributed by atoms with Crippen LogP contribution in [0.3, 0.4) is 0 Å². The summed E-state index contributed by atoms with van der Waals surface area (Å²) in [6, 6.07) is 16.1. The van der Waals surface area contributed by atoms with Crippen molar-refractivity contribution in [1.82, 2.24) is 19.4 Å². The third-order valence-electron chi connectivity index (χ3n) is 7.84. The summed E-state index contributed by atoms with van der Waals surface area (Å²) in [5.41, 5.74) is 4.58. The molecule has 1 saturated heterocycles. The van der Waals surface area contributed by atoms with Gasteiger partial charge in [-0.05, 0) is 88.7 Å². The van der Waals surface area contributed by atoms with E-state index in [1.807, 2.05) is 51.2 Å². The molecule has 1 fully saturated rings. The molecule has 1 amide bonds. The number of likely N-dealkylation sites (tertiary alicyclic amines) is 1. The van der Waals surface area contributed by atoms with Crippen molar-refractivity contribution in [3.05, 3.63) is 94.7 Å². The van der Waals surface area contributed by atoms with E-state index in [0.717, 1.165) is 55.0 Å². The number of anilines is 1. The van der Waals surface area contributed by atoms with Crippen molar-refractivity contribution in [3.8, 4) is 5.88 Å². The summed E-state index contributed by atoms with van der Waals surface area (Å²) in [5, 5.41) is 3.31. The van der Waals surface area contributed by atoms with Crippen LogP contribution in [0.25, 0.3) is 11.0 Å². The van der Waals surface area contributed by atoms with Crippen molar-refractivity contribution in [2.24, 2.45) is 7.05 Å². The quantitative estimate of drug-likeness (QED) is 0.182. The van der Waals surface area contributed by atoms with Crippen LogP contribution >= 0.6 is 11.6 Å². The van der Waals surface area contributed by atoms with Gasteiger partial charge in [-0.15, -0.1) is 0 Å². The molecule has 0 bridgehead atoms. The standard InChI is InChI=1S/C34H39ClFN5O3/c1-21(2)33(44-22(3)4)34(42)37-26-11-12-30-29(18-26)38-31(40(30)5)19-41-15-13-23(14-16-41)28-7-6-8-32(39-28)43-20-24-9-10-25(35)17-27(24)36/h6-12,17-18,22-23,33H,1,13-16,19-20H2,2-5H3,(H,37,42). The highest BCUT2D eigenvalue weighted by molar-refractivity contribution is 6.30. The van der Waals surface area contributed by atoms with Crippen molar-refractivity contribution >= 4 is 34.2 Å². The molecule has 0 aliphatic carbocycles. The van der Waals surface area contributed by atoms with Gasteiger partial charge in [-0.2, -0.15) is 0 Å². The van der Waals surface area contributed by atoms with Crippen molar-refractivity contribution in [2.45, 2.75) is 64.9 Å².